The number of halogens is 1. The third-order valence-corrected chi connectivity index (χ3v) is 1.92. The molecule has 0 atom stereocenters. The van der Waals surface area contributed by atoms with Crippen LogP contribution >= 0.6 is 11.6 Å². The highest BCUT2D eigenvalue weighted by molar-refractivity contribution is 6.28. The quantitative estimate of drug-likeness (QED) is 0.767. The Balaban J connectivity index is 2.26. The number of carbonyl (C=O) groups is 1. The Morgan fingerprint density at radius 3 is 2.94 bits per heavy atom. The Kier molecular flexibility index (Phi) is 3.15. The molecule has 2 rings (SSSR count). The molecular formula is C8H8ClN7O. The molecule has 0 radical (unpaired) electrons. The third kappa shape index (κ3) is 2.88. The Labute approximate surface area is 101 Å². The number of primary amides is 1. The van der Waals surface area contributed by atoms with E-state index in [1.165, 1.54) is 6.33 Å². The molecule has 3 N–H and O–H groups in total. The number of carbonyl (C=O) groups excluding carboxylic acids is 1. The molecule has 0 fully saturated rings. The summed E-state index contributed by atoms with van der Waals surface area (Å²) in [6.45, 7) is -0.0797. The van der Waals surface area contributed by atoms with Crippen LogP contribution in [0.3, 0.4) is 0 Å². The number of hydrogen-bond donors (Lipinski definition) is 2. The summed E-state index contributed by atoms with van der Waals surface area (Å²) in [7, 11) is 0. The Morgan fingerprint density at radius 2 is 2.29 bits per heavy atom. The first-order chi connectivity index (χ1) is 8.15. The molecule has 0 aliphatic heterocycles. The maximum Gasteiger partial charge on any atom is 0.241 e. The van der Waals surface area contributed by atoms with Crippen molar-refractivity contribution in [2.45, 2.75) is 0 Å². The van der Waals surface area contributed by atoms with Gasteiger partial charge < -0.3 is 11.1 Å². The first kappa shape index (κ1) is 11.3. The monoisotopic (exact) mass is 253 g/mol. The Morgan fingerprint density at radius 1 is 1.47 bits per heavy atom. The molecule has 1 amide bonds. The third-order valence-electron chi connectivity index (χ3n) is 1.75. The van der Waals surface area contributed by atoms with E-state index in [2.05, 4.69) is 25.3 Å². The summed E-state index contributed by atoms with van der Waals surface area (Å²) in [4.78, 5) is 26.2. The number of hydrogen-bond acceptors (Lipinski definition) is 6. The predicted octanol–water partition coefficient (Wildman–Crippen LogP) is -0.392. The highest BCUT2D eigenvalue weighted by atomic mass is 35.5. The fraction of sp³-hybridized carbons (Fsp3) is 0.125. The molecule has 8 nitrogen and oxygen atoms in total. The van der Waals surface area contributed by atoms with Crippen LogP contribution in [-0.2, 0) is 4.79 Å². The molecule has 9 heteroatoms. The van der Waals surface area contributed by atoms with Crippen LogP contribution in [0.15, 0.2) is 18.7 Å². The number of nitrogens with zero attached hydrogens (tertiary/aromatic N) is 5. The summed E-state index contributed by atoms with van der Waals surface area (Å²) in [6, 6.07) is 0. The van der Waals surface area contributed by atoms with Gasteiger partial charge in [-0.25, -0.2) is 4.98 Å². The van der Waals surface area contributed by atoms with Gasteiger partial charge in [0, 0.05) is 12.4 Å². The number of imidazole rings is 1. The van der Waals surface area contributed by atoms with Crippen LogP contribution in [0, 0.1) is 0 Å². The van der Waals surface area contributed by atoms with E-state index in [0.29, 0.717) is 5.95 Å². The van der Waals surface area contributed by atoms with Crippen molar-refractivity contribution in [1.82, 2.24) is 24.5 Å². The maximum atomic E-state index is 10.6. The minimum absolute atomic E-state index is 0.00988. The van der Waals surface area contributed by atoms with Gasteiger partial charge in [-0.2, -0.15) is 15.0 Å². The number of amides is 1. The van der Waals surface area contributed by atoms with Gasteiger partial charge in [0.05, 0.1) is 6.54 Å². The van der Waals surface area contributed by atoms with E-state index in [-0.39, 0.29) is 17.8 Å². The standard InChI is InChI=1S/C8H8ClN7O/c9-6-13-7(12-3-5(10)17)15-8(14-6)16-2-1-11-4-16/h1-2,4H,3H2,(H2,10,17)(H,12,13,14,15). The van der Waals surface area contributed by atoms with Gasteiger partial charge >= 0.3 is 0 Å². The van der Waals surface area contributed by atoms with Crippen LogP contribution in [-0.4, -0.2) is 37.0 Å². The second-order valence-electron chi connectivity index (χ2n) is 3.02. The largest absolute Gasteiger partial charge is 0.368 e. The van der Waals surface area contributed by atoms with Gasteiger partial charge in [-0.3, -0.25) is 9.36 Å². The molecule has 0 saturated heterocycles. The summed E-state index contributed by atoms with van der Waals surface area (Å²) >= 11 is 5.73. The molecule has 0 spiro atoms. The van der Waals surface area contributed by atoms with Gasteiger partial charge in [0.1, 0.15) is 6.33 Å². The van der Waals surface area contributed by atoms with Gasteiger partial charge in [0.15, 0.2) is 0 Å². The highest BCUT2D eigenvalue weighted by Crippen LogP contribution is 2.08. The van der Waals surface area contributed by atoms with Gasteiger partial charge in [0.2, 0.25) is 23.1 Å². The molecule has 0 aliphatic rings. The van der Waals surface area contributed by atoms with Crippen molar-refractivity contribution in [3.63, 3.8) is 0 Å². The van der Waals surface area contributed by atoms with E-state index >= 15 is 0 Å². The van der Waals surface area contributed by atoms with Gasteiger partial charge in [-0.15, -0.1) is 0 Å². The average Bonchev–Trinajstić information content (AvgIpc) is 2.79. The number of nitrogens with two attached hydrogens (primary N) is 1. The van der Waals surface area contributed by atoms with Crippen LogP contribution in [0.25, 0.3) is 5.95 Å². The fourth-order valence-electron chi connectivity index (χ4n) is 1.08. The van der Waals surface area contributed by atoms with Gasteiger partial charge in [-0.1, -0.05) is 0 Å². The number of anilines is 1. The summed E-state index contributed by atoms with van der Waals surface area (Å²) in [6.07, 6.45) is 4.75. The fourth-order valence-corrected chi connectivity index (χ4v) is 1.23. The lowest BCUT2D eigenvalue weighted by molar-refractivity contribution is -0.116. The normalized spacial score (nSPS) is 10.2. The second kappa shape index (κ2) is 4.74. The zero-order valence-electron chi connectivity index (χ0n) is 8.54. The van der Waals surface area contributed by atoms with E-state index in [0.717, 1.165) is 0 Å². The summed E-state index contributed by atoms with van der Waals surface area (Å²) < 4.78 is 1.56. The molecule has 0 aliphatic carbocycles. The first-order valence-electron chi connectivity index (χ1n) is 4.57. The molecule has 88 valence electrons. The molecular weight excluding hydrogens is 246 g/mol. The van der Waals surface area contributed by atoms with Crippen molar-refractivity contribution in [1.29, 1.82) is 0 Å². The van der Waals surface area contributed by atoms with Crippen molar-refractivity contribution in [3.05, 3.63) is 24.0 Å². The van der Waals surface area contributed by atoms with Crippen LogP contribution in [0.4, 0.5) is 5.95 Å². The predicted molar refractivity (Wildman–Crippen MR) is 59.6 cm³/mol. The van der Waals surface area contributed by atoms with Crippen LogP contribution in [0.5, 0.6) is 0 Å². The van der Waals surface area contributed by atoms with Crippen molar-refractivity contribution < 1.29 is 4.79 Å². The lowest BCUT2D eigenvalue weighted by atomic mass is 10.6. The van der Waals surface area contributed by atoms with E-state index in [9.17, 15) is 4.79 Å². The summed E-state index contributed by atoms with van der Waals surface area (Å²) in [5.41, 5.74) is 4.99. The Bertz CT molecular complexity index is 527. The zero-order valence-corrected chi connectivity index (χ0v) is 9.29. The average molecular weight is 254 g/mol. The minimum atomic E-state index is -0.522. The van der Waals surface area contributed by atoms with Gasteiger partial charge in [-0.05, 0) is 11.6 Å². The van der Waals surface area contributed by atoms with Crippen LogP contribution in [0.2, 0.25) is 5.28 Å². The topological polar surface area (TPSA) is 112 Å². The minimum Gasteiger partial charge on any atom is -0.368 e. The van der Waals surface area contributed by atoms with E-state index in [1.807, 2.05) is 0 Å². The number of aromatic nitrogens is 5. The molecule has 2 aromatic rings. The first-order valence-corrected chi connectivity index (χ1v) is 4.95. The summed E-state index contributed by atoms with van der Waals surface area (Å²) in [5.74, 6) is -0.0484. The number of rotatable bonds is 4. The van der Waals surface area contributed by atoms with E-state index in [4.69, 9.17) is 17.3 Å². The molecule has 0 aromatic carbocycles. The lowest BCUT2D eigenvalue weighted by Crippen LogP contribution is -2.23. The van der Waals surface area contributed by atoms with E-state index < -0.39 is 5.91 Å². The molecule has 0 unspecified atom stereocenters. The van der Waals surface area contributed by atoms with Crippen LogP contribution in [0.1, 0.15) is 0 Å². The second-order valence-corrected chi connectivity index (χ2v) is 3.36. The summed E-state index contributed by atoms with van der Waals surface area (Å²) in [5, 5.41) is 2.64. The maximum absolute atomic E-state index is 10.6. The molecule has 2 heterocycles. The smallest absolute Gasteiger partial charge is 0.241 e. The molecule has 0 saturated carbocycles. The Hall–Kier alpha value is -2.22. The molecule has 0 bridgehead atoms. The van der Waals surface area contributed by atoms with Gasteiger partial charge in [0.25, 0.3) is 0 Å². The zero-order chi connectivity index (χ0) is 12.3. The van der Waals surface area contributed by atoms with Crippen molar-refractivity contribution in [3.8, 4) is 5.95 Å². The SMILES string of the molecule is NC(=O)CNc1nc(Cl)nc(-n2ccnc2)n1. The highest BCUT2D eigenvalue weighted by Gasteiger charge is 2.06. The lowest BCUT2D eigenvalue weighted by Gasteiger charge is -2.05. The van der Waals surface area contributed by atoms with Crippen molar-refractivity contribution in [2.75, 3.05) is 11.9 Å². The van der Waals surface area contributed by atoms with Crippen molar-refractivity contribution in [2.24, 2.45) is 5.73 Å². The van der Waals surface area contributed by atoms with Crippen molar-refractivity contribution >= 4 is 23.5 Å². The number of nitrogens with one attached hydrogen (secondary N) is 1. The van der Waals surface area contributed by atoms with Crippen LogP contribution < -0.4 is 11.1 Å². The molecule has 17 heavy (non-hydrogen) atoms. The van der Waals surface area contributed by atoms with E-state index in [1.54, 1.807) is 17.0 Å². The molecule has 2 aromatic heterocycles.